The van der Waals surface area contributed by atoms with E-state index in [0.29, 0.717) is 11.4 Å². The number of likely N-dealkylation sites (N-methyl/N-ethyl adjacent to an activating group) is 1. The van der Waals surface area contributed by atoms with Gasteiger partial charge in [0.15, 0.2) is 5.82 Å². The van der Waals surface area contributed by atoms with Crippen molar-refractivity contribution in [2.24, 2.45) is 0 Å². The van der Waals surface area contributed by atoms with Crippen LogP contribution in [0.5, 0.6) is 0 Å². The van der Waals surface area contributed by atoms with Gasteiger partial charge in [0.1, 0.15) is 0 Å². The van der Waals surface area contributed by atoms with Gasteiger partial charge < -0.3 is 10.0 Å². The molecule has 1 unspecified atom stereocenters. The highest BCUT2D eigenvalue weighted by Gasteiger charge is 2.14. The van der Waals surface area contributed by atoms with Gasteiger partial charge in [-0.3, -0.25) is 4.79 Å². The molecule has 0 bridgehead atoms. The Morgan fingerprint density at radius 1 is 1.43 bits per heavy atom. The number of aliphatic hydroxyl groups excluding tert-OH is 1. The lowest BCUT2D eigenvalue weighted by Crippen LogP contribution is -2.33. The number of aromatic nitrogens is 3. The fraction of sp³-hybridized carbons (Fsp3) is 0.400. The van der Waals surface area contributed by atoms with Crippen LogP contribution in [0, 0.1) is 13.8 Å². The predicted molar refractivity (Wildman–Crippen MR) is 79.5 cm³/mol. The Labute approximate surface area is 124 Å². The monoisotopic (exact) mass is 288 g/mol. The standard InChI is InChI=1S/C15H20N4O2/c1-10-7-11(2)19(17-10)14-6-5-13(8-16-14)15(21)18(4)9-12(3)20/h5-8,12,20H,9H2,1-4H3. The Morgan fingerprint density at radius 2 is 2.14 bits per heavy atom. The van der Waals surface area contributed by atoms with Crippen molar-refractivity contribution in [3.63, 3.8) is 0 Å². The summed E-state index contributed by atoms with van der Waals surface area (Å²) < 4.78 is 1.74. The second-order valence-corrected chi connectivity index (χ2v) is 5.28. The van der Waals surface area contributed by atoms with Crippen LogP contribution >= 0.6 is 0 Å². The molecule has 0 aliphatic heterocycles. The first kappa shape index (κ1) is 15.2. The third-order valence-corrected chi connectivity index (χ3v) is 3.11. The molecule has 0 saturated heterocycles. The van der Waals surface area contributed by atoms with Crippen molar-refractivity contribution in [2.45, 2.75) is 26.9 Å². The molecule has 2 heterocycles. The maximum absolute atomic E-state index is 12.2. The molecule has 0 aromatic carbocycles. The van der Waals surface area contributed by atoms with Gasteiger partial charge in [0, 0.05) is 25.5 Å². The first-order valence-corrected chi connectivity index (χ1v) is 6.81. The summed E-state index contributed by atoms with van der Waals surface area (Å²) >= 11 is 0. The number of carbonyl (C=O) groups is 1. The van der Waals surface area contributed by atoms with Gasteiger partial charge in [-0.05, 0) is 39.0 Å². The van der Waals surface area contributed by atoms with Gasteiger partial charge in [-0.1, -0.05) is 0 Å². The average molecular weight is 288 g/mol. The van der Waals surface area contributed by atoms with Crippen LogP contribution in [0.3, 0.4) is 0 Å². The first-order chi connectivity index (χ1) is 9.88. The first-order valence-electron chi connectivity index (χ1n) is 6.81. The Balaban J connectivity index is 2.19. The van der Waals surface area contributed by atoms with Crippen LogP contribution in [-0.2, 0) is 0 Å². The summed E-state index contributed by atoms with van der Waals surface area (Å²) in [6.07, 6.45) is 0.980. The zero-order chi connectivity index (χ0) is 15.6. The molecule has 1 amide bonds. The summed E-state index contributed by atoms with van der Waals surface area (Å²) in [7, 11) is 1.66. The van der Waals surface area contributed by atoms with Gasteiger partial charge in [-0.2, -0.15) is 5.10 Å². The number of aryl methyl sites for hydroxylation is 2. The molecule has 2 aromatic rings. The zero-order valence-electron chi connectivity index (χ0n) is 12.7. The molecule has 6 nitrogen and oxygen atoms in total. The van der Waals surface area contributed by atoms with E-state index in [-0.39, 0.29) is 12.5 Å². The van der Waals surface area contributed by atoms with Crippen LogP contribution in [0.2, 0.25) is 0 Å². The van der Waals surface area contributed by atoms with Crippen LogP contribution in [-0.4, -0.2) is 50.4 Å². The van der Waals surface area contributed by atoms with Gasteiger partial charge >= 0.3 is 0 Å². The van der Waals surface area contributed by atoms with Gasteiger partial charge in [-0.15, -0.1) is 0 Å². The molecule has 2 aromatic heterocycles. The van der Waals surface area contributed by atoms with Crippen LogP contribution in [0.1, 0.15) is 28.7 Å². The van der Waals surface area contributed by atoms with Crippen LogP contribution in [0.4, 0.5) is 0 Å². The van der Waals surface area contributed by atoms with Crippen molar-refractivity contribution in [3.8, 4) is 5.82 Å². The molecule has 0 spiro atoms. The SMILES string of the molecule is Cc1cc(C)n(-c2ccc(C(=O)N(C)CC(C)O)cn2)n1. The Morgan fingerprint density at radius 3 is 2.62 bits per heavy atom. The number of hydrogen-bond donors (Lipinski definition) is 1. The van der Waals surface area contributed by atoms with Gasteiger partial charge in [-0.25, -0.2) is 9.67 Å². The number of carbonyl (C=O) groups excluding carboxylic acids is 1. The lowest BCUT2D eigenvalue weighted by atomic mass is 10.2. The molecule has 21 heavy (non-hydrogen) atoms. The summed E-state index contributed by atoms with van der Waals surface area (Å²) in [4.78, 5) is 17.9. The van der Waals surface area contributed by atoms with Crippen molar-refractivity contribution in [1.82, 2.24) is 19.7 Å². The fourth-order valence-electron chi connectivity index (χ4n) is 2.20. The van der Waals surface area contributed by atoms with E-state index in [2.05, 4.69) is 10.1 Å². The van der Waals surface area contributed by atoms with E-state index < -0.39 is 6.10 Å². The summed E-state index contributed by atoms with van der Waals surface area (Å²) in [5, 5.41) is 13.7. The molecule has 0 aliphatic carbocycles. The average Bonchev–Trinajstić information content (AvgIpc) is 2.76. The Bertz CT molecular complexity index is 632. The molecule has 0 saturated carbocycles. The minimum atomic E-state index is -0.555. The summed E-state index contributed by atoms with van der Waals surface area (Å²) in [6, 6.07) is 5.46. The summed E-state index contributed by atoms with van der Waals surface area (Å²) in [5.41, 5.74) is 2.40. The second-order valence-electron chi connectivity index (χ2n) is 5.28. The maximum Gasteiger partial charge on any atom is 0.255 e. The quantitative estimate of drug-likeness (QED) is 0.921. The van der Waals surface area contributed by atoms with Gasteiger partial charge in [0.05, 0.1) is 17.4 Å². The molecule has 1 atom stereocenters. The van der Waals surface area contributed by atoms with Crippen molar-refractivity contribution >= 4 is 5.91 Å². The van der Waals surface area contributed by atoms with E-state index in [1.807, 2.05) is 19.9 Å². The molecule has 0 aliphatic rings. The Kier molecular flexibility index (Phi) is 4.37. The van der Waals surface area contributed by atoms with Crippen molar-refractivity contribution in [2.75, 3.05) is 13.6 Å². The van der Waals surface area contributed by atoms with Crippen LogP contribution in [0.15, 0.2) is 24.4 Å². The van der Waals surface area contributed by atoms with Crippen molar-refractivity contribution < 1.29 is 9.90 Å². The molecule has 2 rings (SSSR count). The number of pyridine rings is 1. The maximum atomic E-state index is 12.2. The minimum Gasteiger partial charge on any atom is -0.392 e. The number of nitrogens with zero attached hydrogens (tertiary/aromatic N) is 4. The highest BCUT2D eigenvalue weighted by atomic mass is 16.3. The van der Waals surface area contributed by atoms with Crippen molar-refractivity contribution in [3.05, 3.63) is 41.3 Å². The molecular formula is C15H20N4O2. The summed E-state index contributed by atoms with van der Waals surface area (Å²) in [6.45, 7) is 5.82. The highest BCUT2D eigenvalue weighted by Crippen LogP contribution is 2.11. The largest absolute Gasteiger partial charge is 0.392 e. The number of aliphatic hydroxyl groups is 1. The number of hydrogen-bond acceptors (Lipinski definition) is 4. The zero-order valence-corrected chi connectivity index (χ0v) is 12.7. The van der Waals surface area contributed by atoms with E-state index >= 15 is 0 Å². The molecule has 112 valence electrons. The minimum absolute atomic E-state index is 0.164. The van der Waals surface area contributed by atoms with Crippen molar-refractivity contribution in [1.29, 1.82) is 0 Å². The van der Waals surface area contributed by atoms with Crippen LogP contribution in [0.25, 0.3) is 5.82 Å². The van der Waals surface area contributed by atoms with E-state index in [1.54, 1.807) is 30.8 Å². The van der Waals surface area contributed by atoms with E-state index in [1.165, 1.54) is 11.1 Å². The molecule has 6 heteroatoms. The smallest absolute Gasteiger partial charge is 0.255 e. The topological polar surface area (TPSA) is 71.2 Å². The molecule has 1 N–H and O–H groups in total. The fourth-order valence-corrected chi connectivity index (χ4v) is 2.20. The van der Waals surface area contributed by atoms with E-state index in [0.717, 1.165) is 11.4 Å². The highest BCUT2D eigenvalue weighted by molar-refractivity contribution is 5.93. The third kappa shape index (κ3) is 3.46. The normalized spacial score (nSPS) is 12.2. The third-order valence-electron chi connectivity index (χ3n) is 3.11. The lowest BCUT2D eigenvalue weighted by Gasteiger charge is -2.18. The molecule has 0 radical (unpaired) electrons. The predicted octanol–water partition coefficient (Wildman–Crippen LogP) is 1.34. The van der Waals surface area contributed by atoms with Crippen LogP contribution < -0.4 is 0 Å². The second kappa shape index (κ2) is 6.05. The van der Waals surface area contributed by atoms with E-state index in [9.17, 15) is 9.90 Å². The van der Waals surface area contributed by atoms with Gasteiger partial charge in [0.25, 0.3) is 5.91 Å². The van der Waals surface area contributed by atoms with Gasteiger partial charge in [0.2, 0.25) is 0 Å². The van der Waals surface area contributed by atoms with E-state index in [4.69, 9.17) is 0 Å². The summed E-state index contributed by atoms with van der Waals surface area (Å²) in [5.74, 6) is 0.513. The number of rotatable bonds is 4. The molecular weight excluding hydrogens is 268 g/mol. The number of amides is 1. The lowest BCUT2D eigenvalue weighted by molar-refractivity contribution is 0.0703. The Hall–Kier alpha value is -2.21. The molecule has 0 fully saturated rings.